The van der Waals surface area contributed by atoms with Crippen molar-refractivity contribution in [3.05, 3.63) is 35.9 Å². The minimum Gasteiger partial charge on any atom is -0.394 e. The van der Waals surface area contributed by atoms with Crippen molar-refractivity contribution in [2.45, 2.75) is 36.5 Å². The molecule has 4 unspecified atom stereocenters. The van der Waals surface area contributed by atoms with Gasteiger partial charge in [-0.25, -0.2) is 0 Å². The summed E-state index contributed by atoms with van der Waals surface area (Å²) in [5, 5.41) is 20.2. The number of nitrogens with zero attached hydrogens (tertiary/aromatic N) is 1. The van der Waals surface area contributed by atoms with Gasteiger partial charge in [0, 0.05) is 12.8 Å². The van der Waals surface area contributed by atoms with Gasteiger partial charge in [-0.2, -0.15) is 0 Å². The number of hydrogen-bond acceptors (Lipinski definition) is 5. The summed E-state index contributed by atoms with van der Waals surface area (Å²) in [6, 6.07) is 9.96. The molecule has 0 radical (unpaired) electrons. The monoisotopic (exact) mass is 279 g/mol. The highest BCUT2D eigenvalue weighted by Gasteiger charge is 2.42. The predicted octanol–water partition coefficient (Wildman–Crippen LogP) is 1.21. The molecule has 0 aromatic heterocycles. The fourth-order valence-corrected chi connectivity index (χ4v) is 3.76. The van der Waals surface area contributed by atoms with Gasteiger partial charge in [-0.3, -0.25) is 4.99 Å². The summed E-state index contributed by atoms with van der Waals surface area (Å²) in [4.78, 5) is 4.58. The second kappa shape index (κ2) is 5.63. The second-order valence-electron chi connectivity index (χ2n) is 4.91. The molecular formula is C14H17NO3S. The smallest absolute Gasteiger partial charge is 0.134 e. The molecule has 1 aromatic carbocycles. The van der Waals surface area contributed by atoms with Crippen LogP contribution in [0.1, 0.15) is 12.0 Å². The predicted molar refractivity (Wildman–Crippen MR) is 75.3 cm³/mol. The van der Waals surface area contributed by atoms with Gasteiger partial charge in [-0.15, -0.1) is 0 Å². The summed E-state index contributed by atoms with van der Waals surface area (Å²) in [5.74, 6) is 0. The maximum Gasteiger partial charge on any atom is 0.134 e. The van der Waals surface area contributed by atoms with Gasteiger partial charge in [0.2, 0.25) is 0 Å². The molecule has 2 aliphatic heterocycles. The third-order valence-electron chi connectivity index (χ3n) is 3.45. The lowest BCUT2D eigenvalue weighted by Gasteiger charge is -2.33. The number of ether oxygens (including phenoxy) is 1. The molecule has 0 bridgehead atoms. The number of hydrogen-bond donors (Lipinski definition) is 2. The van der Waals surface area contributed by atoms with Crippen LogP contribution < -0.4 is 0 Å². The lowest BCUT2D eigenvalue weighted by atomic mass is 10.0. The Bertz CT molecular complexity index is 465. The number of benzene rings is 1. The number of thioether (sulfide) groups is 1. The highest BCUT2D eigenvalue weighted by atomic mass is 32.2. The van der Waals surface area contributed by atoms with Crippen molar-refractivity contribution in [3.63, 3.8) is 0 Å². The molecule has 3 rings (SSSR count). The third kappa shape index (κ3) is 2.84. The summed E-state index contributed by atoms with van der Waals surface area (Å²) in [6.07, 6.45) is 0.449. The number of fused-ring (bicyclic) bond motifs is 1. The van der Waals surface area contributed by atoms with Crippen molar-refractivity contribution in [2.24, 2.45) is 4.99 Å². The van der Waals surface area contributed by atoms with E-state index >= 15 is 0 Å². The van der Waals surface area contributed by atoms with E-state index < -0.39 is 6.10 Å². The number of aliphatic hydroxyl groups excluding tert-OH is 2. The van der Waals surface area contributed by atoms with E-state index in [1.165, 1.54) is 5.56 Å². The molecule has 2 heterocycles. The van der Waals surface area contributed by atoms with Crippen molar-refractivity contribution in [1.29, 1.82) is 0 Å². The fraction of sp³-hybridized carbons (Fsp3) is 0.500. The van der Waals surface area contributed by atoms with Crippen molar-refractivity contribution in [2.75, 3.05) is 6.61 Å². The Hall–Kier alpha value is -0.880. The van der Waals surface area contributed by atoms with E-state index in [2.05, 4.69) is 17.1 Å². The first-order valence-corrected chi connectivity index (χ1v) is 7.36. The van der Waals surface area contributed by atoms with Gasteiger partial charge in [0.1, 0.15) is 11.5 Å². The molecule has 4 nitrogen and oxygen atoms in total. The summed E-state index contributed by atoms with van der Waals surface area (Å²) in [5.41, 5.74) is 1.06. The molecule has 2 N–H and O–H groups in total. The average Bonchev–Trinajstić information content (AvgIpc) is 2.83. The van der Waals surface area contributed by atoms with Crippen molar-refractivity contribution < 1.29 is 14.9 Å². The Morgan fingerprint density at radius 1 is 1.32 bits per heavy atom. The standard InChI is InChI=1S/C14H17NO3S/c16-8-10-7-11(17)13-14(18-10)19-12(15-13)6-9-4-2-1-3-5-9/h1-5,10-11,13-14,16-17H,6-8H2. The average molecular weight is 279 g/mol. The molecule has 19 heavy (non-hydrogen) atoms. The maximum atomic E-state index is 10.1. The zero-order valence-electron chi connectivity index (χ0n) is 10.5. The first kappa shape index (κ1) is 13.1. The van der Waals surface area contributed by atoms with Gasteiger partial charge in [-0.05, 0) is 5.56 Å². The zero-order chi connectivity index (χ0) is 13.2. The van der Waals surface area contributed by atoms with Crippen LogP contribution in [0.2, 0.25) is 0 Å². The molecule has 1 saturated heterocycles. The van der Waals surface area contributed by atoms with Crippen LogP contribution in [0.5, 0.6) is 0 Å². The topological polar surface area (TPSA) is 62.0 Å². The highest BCUT2D eigenvalue weighted by molar-refractivity contribution is 8.14. The highest BCUT2D eigenvalue weighted by Crippen LogP contribution is 2.37. The number of rotatable bonds is 3. The van der Waals surface area contributed by atoms with E-state index in [9.17, 15) is 5.11 Å². The summed E-state index contributed by atoms with van der Waals surface area (Å²) in [6.45, 7) is -0.0468. The van der Waals surface area contributed by atoms with Gasteiger partial charge in [0.25, 0.3) is 0 Å². The summed E-state index contributed by atoms with van der Waals surface area (Å²) in [7, 11) is 0. The van der Waals surface area contributed by atoms with Crippen molar-refractivity contribution in [3.8, 4) is 0 Å². The first-order valence-electron chi connectivity index (χ1n) is 6.48. The molecular weight excluding hydrogens is 262 g/mol. The van der Waals surface area contributed by atoms with Gasteiger partial charge in [0.05, 0.1) is 23.9 Å². The molecule has 102 valence electrons. The summed E-state index contributed by atoms with van der Waals surface area (Å²) < 4.78 is 5.74. The van der Waals surface area contributed by atoms with Gasteiger partial charge in [0.15, 0.2) is 0 Å². The minimum atomic E-state index is -0.517. The Kier molecular flexibility index (Phi) is 3.88. The van der Waals surface area contributed by atoms with Crippen LogP contribution in [0.25, 0.3) is 0 Å². The Labute approximate surface area is 116 Å². The fourth-order valence-electron chi connectivity index (χ4n) is 2.47. The van der Waals surface area contributed by atoms with E-state index in [-0.39, 0.29) is 24.2 Å². The molecule has 0 aliphatic carbocycles. The van der Waals surface area contributed by atoms with Crippen molar-refractivity contribution >= 4 is 16.8 Å². The molecule has 1 aromatic rings. The lowest BCUT2D eigenvalue weighted by Crippen LogP contribution is -2.45. The van der Waals surface area contributed by atoms with Crippen molar-refractivity contribution in [1.82, 2.24) is 0 Å². The van der Waals surface area contributed by atoms with Crippen LogP contribution in [-0.4, -0.2) is 45.5 Å². The third-order valence-corrected chi connectivity index (χ3v) is 4.60. The number of aliphatic imine (C=N–C) groups is 1. The Morgan fingerprint density at radius 3 is 2.84 bits per heavy atom. The molecule has 0 spiro atoms. The van der Waals surface area contributed by atoms with Crippen LogP contribution in [0.3, 0.4) is 0 Å². The van der Waals surface area contributed by atoms with Crippen LogP contribution >= 0.6 is 11.8 Å². The molecule has 0 amide bonds. The van der Waals surface area contributed by atoms with Gasteiger partial charge < -0.3 is 14.9 Å². The minimum absolute atomic E-state index is 0.0468. The van der Waals surface area contributed by atoms with Crippen LogP contribution in [0.4, 0.5) is 0 Å². The molecule has 0 saturated carbocycles. The normalized spacial score (nSPS) is 33.9. The van der Waals surface area contributed by atoms with Gasteiger partial charge >= 0.3 is 0 Å². The van der Waals surface area contributed by atoms with E-state index in [4.69, 9.17) is 9.84 Å². The SMILES string of the molecule is OCC1CC(O)C2N=C(Cc3ccccc3)SC2O1. The quantitative estimate of drug-likeness (QED) is 0.873. The maximum absolute atomic E-state index is 10.1. The number of aliphatic hydroxyl groups is 2. The van der Waals surface area contributed by atoms with E-state index in [1.807, 2.05) is 18.2 Å². The van der Waals surface area contributed by atoms with Crippen LogP contribution in [0, 0.1) is 0 Å². The largest absolute Gasteiger partial charge is 0.394 e. The molecule has 1 fully saturated rings. The van der Waals surface area contributed by atoms with Crippen LogP contribution in [-0.2, 0) is 11.2 Å². The zero-order valence-corrected chi connectivity index (χ0v) is 11.3. The van der Waals surface area contributed by atoms with E-state index in [0.29, 0.717) is 6.42 Å². The molecule has 2 aliphatic rings. The Morgan fingerprint density at radius 2 is 2.11 bits per heavy atom. The van der Waals surface area contributed by atoms with Crippen LogP contribution in [0.15, 0.2) is 35.3 Å². The first-order chi connectivity index (χ1) is 9.26. The summed E-state index contributed by atoms with van der Waals surface area (Å²) >= 11 is 1.57. The van der Waals surface area contributed by atoms with E-state index in [1.54, 1.807) is 11.8 Å². The lowest BCUT2D eigenvalue weighted by molar-refractivity contribution is -0.0875. The molecule has 5 heteroatoms. The van der Waals surface area contributed by atoms with Gasteiger partial charge in [-0.1, -0.05) is 42.1 Å². The van der Waals surface area contributed by atoms with E-state index in [0.717, 1.165) is 11.5 Å². The molecule has 4 atom stereocenters. The Balaban J connectivity index is 1.69. The second-order valence-corrected chi connectivity index (χ2v) is 6.08.